The number of para-hydroxylation sites is 1. The number of fused-ring (bicyclic) bond motifs is 1. The van der Waals surface area contributed by atoms with Crippen LogP contribution in [0.15, 0.2) is 30.6 Å². The second-order valence-corrected chi connectivity index (χ2v) is 5.33. The van der Waals surface area contributed by atoms with Gasteiger partial charge in [-0.1, -0.05) is 6.07 Å². The number of aromatic amines is 1. The van der Waals surface area contributed by atoms with Crippen LogP contribution in [0.1, 0.15) is 12.5 Å². The molecule has 0 radical (unpaired) electrons. The lowest BCUT2D eigenvalue weighted by molar-refractivity contribution is 0.343. The molecule has 0 saturated heterocycles. The molecule has 3 rings (SSSR count). The lowest BCUT2D eigenvalue weighted by Gasteiger charge is -2.06. The molecule has 0 bridgehead atoms. The van der Waals surface area contributed by atoms with Crippen LogP contribution >= 0.6 is 12.2 Å². The number of hydrogen-bond acceptors (Lipinski definition) is 3. The minimum absolute atomic E-state index is 0.636. The van der Waals surface area contributed by atoms with Crippen molar-refractivity contribution in [2.45, 2.75) is 26.9 Å². The van der Waals surface area contributed by atoms with E-state index in [0.717, 1.165) is 35.4 Å². The van der Waals surface area contributed by atoms with Gasteiger partial charge in [0.1, 0.15) is 11.3 Å². The van der Waals surface area contributed by atoms with Gasteiger partial charge in [-0.15, -0.1) is 0 Å². The Morgan fingerprint density at radius 1 is 1.33 bits per heavy atom. The number of H-pyrrole nitrogens is 1. The number of benzene rings is 1. The predicted molar refractivity (Wildman–Crippen MR) is 85.3 cm³/mol. The first-order chi connectivity index (χ1) is 10.2. The third-order valence-corrected chi connectivity index (χ3v) is 3.71. The molecule has 0 amide bonds. The molecule has 21 heavy (non-hydrogen) atoms. The largest absolute Gasteiger partial charge is 0.492 e. The molecule has 1 N–H and O–H groups in total. The zero-order chi connectivity index (χ0) is 14.8. The molecule has 0 aliphatic heterocycles. The van der Waals surface area contributed by atoms with Crippen molar-refractivity contribution in [3.63, 3.8) is 0 Å². The minimum Gasteiger partial charge on any atom is -0.492 e. The van der Waals surface area contributed by atoms with Crippen molar-refractivity contribution >= 4 is 23.3 Å². The van der Waals surface area contributed by atoms with Crippen LogP contribution in [-0.2, 0) is 13.1 Å². The van der Waals surface area contributed by atoms with Crippen molar-refractivity contribution in [3.05, 3.63) is 40.9 Å². The molecule has 0 saturated carbocycles. The molecular weight excluding hydrogens is 284 g/mol. The summed E-state index contributed by atoms with van der Waals surface area (Å²) in [6.45, 7) is 6.21. The van der Waals surface area contributed by atoms with Gasteiger partial charge < -0.3 is 14.3 Å². The van der Waals surface area contributed by atoms with E-state index in [0.29, 0.717) is 11.4 Å². The molecule has 2 heterocycles. The Kier molecular flexibility index (Phi) is 3.79. The highest BCUT2D eigenvalue weighted by Crippen LogP contribution is 2.25. The number of aromatic nitrogens is 4. The van der Waals surface area contributed by atoms with Gasteiger partial charge in [-0.25, -0.2) is 0 Å². The van der Waals surface area contributed by atoms with Crippen LogP contribution in [0.2, 0.25) is 0 Å². The molecule has 0 aliphatic carbocycles. The van der Waals surface area contributed by atoms with Crippen LogP contribution < -0.4 is 4.74 Å². The Morgan fingerprint density at radius 3 is 2.90 bits per heavy atom. The SMILES string of the molecule is CCOc1cccc2c1[nH]c(=S)n2CCn1cc(C)cn1. The number of hydrogen-bond donors (Lipinski definition) is 1. The first-order valence-corrected chi connectivity index (χ1v) is 7.43. The summed E-state index contributed by atoms with van der Waals surface area (Å²) in [5.74, 6) is 0.842. The second-order valence-electron chi connectivity index (χ2n) is 4.95. The summed E-state index contributed by atoms with van der Waals surface area (Å²) in [7, 11) is 0. The summed E-state index contributed by atoms with van der Waals surface area (Å²) in [4.78, 5) is 3.25. The zero-order valence-corrected chi connectivity index (χ0v) is 13.0. The normalized spacial score (nSPS) is 11.1. The molecule has 5 nitrogen and oxygen atoms in total. The topological polar surface area (TPSA) is 47.8 Å². The molecule has 0 unspecified atom stereocenters. The summed E-state index contributed by atoms with van der Waals surface area (Å²) < 4.78 is 10.4. The highest BCUT2D eigenvalue weighted by molar-refractivity contribution is 7.71. The molecular formula is C15H18N4OS. The van der Waals surface area contributed by atoms with E-state index in [4.69, 9.17) is 17.0 Å². The maximum absolute atomic E-state index is 5.65. The lowest BCUT2D eigenvalue weighted by Crippen LogP contribution is -2.07. The summed E-state index contributed by atoms with van der Waals surface area (Å²) in [6.07, 6.45) is 3.89. The van der Waals surface area contributed by atoms with Crippen molar-refractivity contribution in [2.75, 3.05) is 6.61 Å². The van der Waals surface area contributed by atoms with E-state index in [-0.39, 0.29) is 0 Å². The number of rotatable bonds is 5. The Balaban J connectivity index is 1.93. The number of ether oxygens (including phenoxy) is 1. The monoisotopic (exact) mass is 302 g/mol. The van der Waals surface area contributed by atoms with Crippen molar-refractivity contribution in [2.24, 2.45) is 0 Å². The summed E-state index contributed by atoms with van der Waals surface area (Å²) in [5, 5.41) is 4.31. The molecule has 0 spiro atoms. The number of imidazole rings is 1. The van der Waals surface area contributed by atoms with Gasteiger partial charge in [0.25, 0.3) is 0 Å². The zero-order valence-electron chi connectivity index (χ0n) is 12.2. The summed E-state index contributed by atoms with van der Waals surface area (Å²) in [6, 6.07) is 6.00. The fourth-order valence-corrected chi connectivity index (χ4v) is 2.74. The predicted octanol–water partition coefficient (Wildman–Crippen LogP) is 3.30. The maximum atomic E-state index is 5.65. The molecule has 2 aromatic heterocycles. The second kappa shape index (κ2) is 5.73. The van der Waals surface area contributed by atoms with Gasteiger partial charge in [-0.2, -0.15) is 5.10 Å². The van der Waals surface area contributed by atoms with Gasteiger partial charge in [0, 0.05) is 12.7 Å². The van der Waals surface area contributed by atoms with Gasteiger partial charge >= 0.3 is 0 Å². The van der Waals surface area contributed by atoms with Crippen molar-refractivity contribution in [1.29, 1.82) is 0 Å². The molecule has 0 atom stereocenters. The van der Waals surface area contributed by atoms with E-state index in [1.54, 1.807) is 0 Å². The maximum Gasteiger partial charge on any atom is 0.178 e. The highest BCUT2D eigenvalue weighted by Gasteiger charge is 2.09. The number of nitrogens with zero attached hydrogens (tertiary/aromatic N) is 3. The number of aryl methyl sites for hydroxylation is 3. The number of nitrogens with one attached hydrogen (secondary N) is 1. The van der Waals surface area contributed by atoms with Gasteiger partial charge in [-0.05, 0) is 43.8 Å². The van der Waals surface area contributed by atoms with Gasteiger partial charge in [0.2, 0.25) is 0 Å². The van der Waals surface area contributed by atoms with E-state index in [9.17, 15) is 0 Å². The van der Waals surface area contributed by atoms with Crippen LogP contribution in [0.25, 0.3) is 11.0 Å². The average Bonchev–Trinajstić information content (AvgIpc) is 3.01. The van der Waals surface area contributed by atoms with Crippen LogP contribution in [0.5, 0.6) is 5.75 Å². The van der Waals surface area contributed by atoms with Crippen molar-refractivity contribution < 1.29 is 4.74 Å². The molecule has 0 fully saturated rings. The third-order valence-electron chi connectivity index (χ3n) is 3.39. The fraction of sp³-hybridized carbons (Fsp3) is 0.333. The molecule has 110 valence electrons. The molecule has 0 aliphatic rings. The standard InChI is InChI=1S/C15H18N4OS/c1-3-20-13-6-4-5-12-14(13)17-15(21)19(12)8-7-18-10-11(2)9-16-18/h4-6,9-10H,3,7-8H2,1-2H3,(H,17,21). The Morgan fingerprint density at radius 2 is 2.19 bits per heavy atom. The molecule has 1 aromatic carbocycles. The highest BCUT2D eigenvalue weighted by atomic mass is 32.1. The smallest absolute Gasteiger partial charge is 0.178 e. The van der Waals surface area contributed by atoms with Gasteiger partial charge in [0.05, 0.1) is 24.9 Å². The fourth-order valence-electron chi connectivity index (χ4n) is 2.44. The van der Waals surface area contributed by atoms with Crippen LogP contribution in [0.4, 0.5) is 0 Å². The molecule has 3 aromatic rings. The quantitative estimate of drug-likeness (QED) is 0.736. The van der Waals surface area contributed by atoms with Crippen molar-refractivity contribution in [3.8, 4) is 5.75 Å². The van der Waals surface area contributed by atoms with E-state index >= 15 is 0 Å². The summed E-state index contributed by atoms with van der Waals surface area (Å²) >= 11 is 5.44. The van der Waals surface area contributed by atoms with Crippen molar-refractivity contribution in [1.82, 2.24) is 19.3 Å². The Hall–Kier alpha value is -2.08. The summed E-state index contributed by atoms with van der Waals surface area (Å²) in [5.41, 5.74) is 3.19. The Labute approximate surface area is 128 Å². The lowest BCUT2D eigenvalue weighted by atomic mass is 10.3. The van der Waals surface area contributed by atoms with E-state index in [1.807, 2.05) is 43.1 Å². The van der Waals surface area contributed by atoms with E-state index < -0.39 is 0 Å². The minimum atomic E-state index is 0.636. The first kappa shape index (κ1) is 13.9. The average molecular weight is 302 g/mol. The van der Waals surface area contributed by atoms with Gasteiger partial charge in [-0.3, -0.25) is 4.68 Å². The van der Waals surface area contributed by atoms with E-state index in [2.05, 4.69) is 20.7 Å². The van der Waals surface area contributed by atoms with Crippen LogP contribution in [-0.4, -0.2) is 25.9 Å². The van der Waals surface area contributed by atoms with Crippen LogP contribution in [0, 0.1) is 11.7 Å². The first-order valence-electron chi connectivity index (χ1n) is 7.02. The molecule has 6 heteroatoms. The van der Waals surface area contributed by atoms with Gasteiger partial charge in [0.15, 0.2) is 4.77 Å². The van der Waals surface area contributed by atoms with E-state index in [1.165, 1.54) is 0 Å². The Bertz CT molecular complexity index is 815. The third kappa shape index (κ3) is 2.71. The van der Waals surface area contributed by atoms with Crippen LogP contribution in [0.3, 0.4) is 0 Å².